The number of ether oxygens (including phenoxy) is 1. The van der Waals surface area contributed by atoms with E-state index in [1.807, 2.05) is 5.57 Å². The predicted octanol–water partition coefficient (Wildman–Crippen LogP) is 6.02. The molecule has 2 aliphatic heterocycles. The van der Waals surface area contributed by atoms with Gasteiger partial charge >= 0.3 is 0 Å². The van der Waals surface area contributed by atoms with Gasteiger partial charge in [-0.25, -0.2) is 0 Å². The molecule has 10 atom stereocenters. The zero-order valence-corrected chi connectivity index (χ0v) is 21.2. The number of likely N-dealkylation sites (tertiary alicyclic amines) is 1. The lowest BCUT2D eigenvalue weighted by Gasteiger charge is -2.52. The summed E-state index contributed by atoms with van der Waals surface area (Å²) in [6, 6.07) is 0.601. The molecule has 3 saturated carbocycles. The molecule has 6 rings (SSSR count). The van der Waals surface area contributed by atoms with Crippen LogP contribution in [0.25, 0.3) is 0 Å². The van der Waals surface area contributed by atoms with Crippen LogP contribution in [0, 0.1) is 40.9 Å². The van der Waals surface area contributed by atoms with E-state index in [9.17, 15) is 4.79 Å². The lowest BCUT2D eigenvalue weighted by molar-refractivity contribution is -0.129. The number of hydrogen-bond donors (Lipinski definition) is 0. The van der Waals surface area contributed by atoms with E-state index in [0.717, 1.165) is 49.4 Å². The Bertz CT molecular complexity index is 833. The zero-order chi connectivity index (χ0) is 22.4. The molecule has 5 fully saturated rings. The van der Waals surface area contributed by atoms with E-state index in [0.29, 0.717) is 35.2 Å². The number of nitrogens with zero attached hydrogens (tertiary/aromatic N) is 1. The van der Waals surface area contributed by atoms with Crippen LogP contribution in [0.15, 0.2) is 11.1 Å². The fourth-order valence-corrected chi connectivity index (χ4v) is 10.2. The van der Waals surface area contributed by atoms with Gasteiger partial charge in [-0.3, -0.25) is 4.79 Å². The van der Waals surface area contributed by atoms with Gasteiger partial charge in [-0.05, 0) is 100 Å². The van der Waals surface area contributed by atoms with Gasteiger partial charge < -0.3 is 9.64 Å². The average Bonchev–Trinajstić information content (AvgIpc) is 3.19. The molecular weight excluding hydrogens is 394 g/mol. The molecule has 3 nitrogen and oxygen atoms in total. The molecule has 0 bridgehead atoms. The number of hydrogen-bond acceptors (Lipinski definition) is 3. The van der Waals surface area contributed by atoms with Crippen molar-refractivity contribution in [2.24, 2.45) is 40.9 Å². The van der Waals surface area contributed by atoms with Gasteiger partial charge in [-0.15, -0.1) is 0 Å². The van der Waals surface area contributed by atoms with Crippen LogP contribution in [-0.4, -0.2) is 42.0 Å². The Morgan fingerprint density at radius 1 is 1.09 bits per heavy atom. The summed E-state index contributed by atoms with van der Waals surface area (Å²) < 4.78 is 7.10. The number of allylic oxidation sites excluding steroid dienone is 1. The molecule has 32 heavy (non-hydrogen) atoms. The largest absolute Gasteiger partial charge is 0.369 e. The molecule has 1 unspecified atom stereocenters. The quantitative estimate of drug-likeness (QED) is 0.432. The second-order valence-electron chi connectivity index (χ2n) is 13.4. The summed E-state index contributed by atoms with van der Waals surface area (Å²) in [5.41, 5.74) is 3.96. The third kappa shape index (κ3) is 3.02. The fourth-order valence-electron chi connectivity index (χ4n) is 10.2. The van der Waals surface area contributed by atoms with Crippen molar-refractivity contribution in [2.45, 2.75) is 110 Å². The molecule has 0 amide bonds. The second-order valence-corrected chi connectivity index (χ2v) is 13.4. The minimum Gasteiger partial charge on any atom is -0.369 e. The Hall–Kier alpha value is -0.670. The first-order valence-corrected chi connectivity index (χ1v) is 13.8. The molecule has 6 aliphatic rings. The number of piperidine rings is 1. The Labute approximate surface area is 195 Å². The van der Waals surface area contributed by atoms with E-state index in [-0.39, 0.29) is 5.60 Å². The topological polar surface area (TPSA) is 29.5 Å². The van der Waals surface area contributed by atoms with Gasteiger partial charge in [0.15, 0.2) is 0 Å². The van der Waals surface area contributed by atoms with E-state index in [2.05, 4.69) is 39.6 Å². The molecule has 178 valence electrons. The zero-order valence-electron chi connectivity index (χ0n) is 21.2. The SMILES string of the molecule is CC1=C2C[C@H]3[C@@H](CC[C@@H]4CC(=O)CC[C@@]43C)[C@@H]2CC[C@@]2(C1)O[C@@H]1C[C@H](C)CN(C)C1[C@H]2C. The summed E-state index contributed by atoms with van der Waals surface area (Å²) >= 11 is 0. The number of rotatable bonds is 0. The van der Waals surface area contributed by atoms with Gasteiger partial charge in [0.1, 0.15) is 5.78 Å². The second kappa shape index (κ2) is 7.41. The van der Waals surface area contributed by atoms with E-state index < -0.39 is 0 Å². The van der Waals surface area contributed by atoms with Crippen molar-refractivity contribution >= 4 is 5.78 Å². The highest BCUT2D eigenvalue weighted by atomic mass is 16.5. The Kier molecular flexibility index (Phi) is 5.06. The standard InChI is InChI=1S/C29H45NO2/c1-17-12-26-27(30(5)16-17)19(3)29(32-26)11-9-22-23-7-6-20-13-21(31)8-10-28(20,4)25(23)14-24(22)18(2)15-29/h17,19-20,22-23,25-27H,6-16H2,1-5H3/t17-,19+,20+,22-,23-,25-,26+,27?,28-,29-/m0/s1. The van der Waals surface area contributed by atoms with E-state index in [1.165, 1.54) is 45.1 Å². The molecule has 1 spiro atoms. The van der Waals surface area contributed by atoms with E-state index in [4.69, 9.17) is 4.74 Å². The maximum Gasteiger partial charge on any atom is 0.133 e. The predicted molar refractivity (Wildman–Crippen MR) is 128 cm³/mol. The Balaban J connectivity index is 1.28. The summed E-state index contributed by atoms with van der Waals surface area (Å²) in [7, 11) is 2.33. The third-order valence-electron chi connectivity index (χ3n) is 11.8. The number of likely N-dealkylation sites (N-methyl/N-ethyl adjacent to an activating group) is 1. The van der Waals surface area contributed by atoms with Crippen LogP contribution in [0.5, 0.6) is 0 Å². The van der Waals surface area contributed by atoms with Gasteiger partial charge in [0, 0.05) is 31.3 Å². The lowest BCUT2D eigenvalue weighted by Crippen LogP contribution is -2.49. The van der Waals surface area contributed by atoms with Crippen molar-refractivity contribution in [1.29, 1.82) is 0 Å². The lowest BCUT2D eigenvalue weighted by atomic mass is 9.52. The van der Waals surface area contributed by atoms with Crippen molar-refractivity contribution in [3.8, 4) is 0 Å². The minimum atomic E-state index is 0.0585. The van der Waals surface area contributed by atoms with Gasteiger partial charge in [0.25, 0.3) is 0 Å². The maximum atomic E-state index is 12.2. The van der Waals surface area contributed by atoms with E-state index in [1.54, 1.807) is 5.57 Å². The van der Waals surface area contributed by atoms with Crippen LogP contribution < -0.4 is 0 Å². The van der Waals surface area contributed by atoms with Crippen molar-refractivity contribution < 1.29 is 9.53 Å². The van der Waals surface area contributed by atoms with Crippen LogP contribution in [-0.2, 0) is 9.53 Å². The highest BCUT2D eigenvalue weighted by Gasteiger charge is 2.59. The number of carbonyl (C=O) groups is 1. The number of ketones is 1. The minimum absolute atomic E-state index is 0.0585. The van der Waals surface area contributed by atoms with Gasteiger partial charge in [0.2, 0.25) is 0 Å². The van der Waals surface area contributed by atoms with Gasteiger partial charge in [-0.1, -0.05) is 31.9 Å². The summed E-state index contributed by atoms with van der Waals surface area (Å²) in [6.45, 7) is 11.1. The molecule has 0 aromatic heterocycles. The molecule has 0 aromatic carbocycles. The van der Waals surface area contributed by atoms with Crippen LogP contribution in [0.1, 0.15) is 91.9 Å². The molecule has 0 aromatic rings. The Morgan fingerprint density at radius 2 is 1.91 bits per heavy atom. The maximum absolute atomic E-state index is 12.2. The summed E-state index contributed by atoms with van der Waals surface area (Å²) in [6.07, 6.45) is 12.2. The van der Waals surface area contributed by atoms with Crippen molar-refractivity contribution in [1.82, 2.24) is 4.90 Å². The van der Waals surface area contributed by atoms with Gasteiger partial charge in [-0.2, -0.15) is 0 Å². The first kappa shape index (κ1) is 21.8. The molecule has 2 heterocycles. The summed E-state index contributed by atoms with van der Waals surface area (Å²) in [5, 5.41) is 0. The van der Waals surface area contributed by atoms with E-state index >= 15 is 0 Å². The highest BCUT2D eigenvalue weighted by Crippen LogP contribution is 2.65. The first-order chi connectivity index (χ1) is 15.2. The van der Waals surface area contributed by atoms with Crippen molar-refractivity contribution in [2.75, 3.05) is 13.6 Å². The smallest absolute Gasteiger partial charge is 0.133 e. The van der Waals surface area contributed by atoms with Crippen LogP contribution in [0.4, 0.5) is 0 Å². The van der Waals surface area contributed by atoms with Crippen molar-refractivity contribution in [3.63, 3.8) is 0 Å². The third-order valence-corrected chi connectivity index (χ3v) is 11.8. The molecule has 4 aliphatic carbocycles. The molecule has 0 N–H and O–H groups in total. The number of carbonyl (C=O) groups excluding carboxylic acids is 1. The normalized spacial score (nSPS) is 53.6. The molecule has 3 heteroatoms. The molecule has 2 saturated heterocycles. The van der Waals surface area contributed by atoms with Crippen LogP contribution in [0.3, 0.4) is 0 Å². The first-order valence-electron chi connectivity index (χ1n) is 13.8. The monoisotopic (exact) mass is 439 g/mol. The van der Waals surface area contributed by atoms with Crippen LogP contribution in [0.2, 0.25) is 0 Å². The summed E-state index contributed by atoms with van der Waals surface area (Å²) in [4.78, 5) is 14.8. The van der Waals surface area contributed by atoms with Crippen LogP contribution >= 0.6 is 0 Å². The molecular formula is C29H45NO2. The average molecular weight is 440 g/mol. The van der Waals surface area contributed by atoms with Gasteiger partial charge in [0.05, 0.1) is 11.7 Å². The number of fused-ring (bicyclic) bond motifs is 6. The highest BCUT2D eigenvalue weighted by molar-refractivity contribution is 5.79. The number of Topliss-reactive ketones (excluding diaryl/α,β-unsaturated/α-hetero) is 1. The fraction of sp³-hybridized carbons (Fsp3) is 0.897. The van der Waals surface area contributed by atoms with Crippen molar-refractivity contribution in [3.05, 3.63) is 11.1 Å². The Morgan fingerprint density at radius 3 is 2.72 bits per heavy atom. The summed E-state index contributed by atoms with van der Waals surface area (Å²) in [5.74, 6) is 4.99. The molecule has 0 radical (unpaired) electrons.